The molecule has 0 aliphatic heterocycles. The van der Waals surface area contributed by atoms with Gasteiger partial charge < -0.3 is 4.74 Å². The Morgan fingerprint density at radius 1 is 1.17 bits per heavy atom. The maximum atomic E-state index is 12.7. The molecule has 2 aromatic carbocycles. The lowest BCUT2D eigenvalue weighted by Gasteiger charge is -2.09. The van der Waals surface area contributed by atoms with Crippen LogP contribution in [0.2, 0.25) is 0 Å². The molecule has 0 radical (unpaired) electrons. The average molecular weight is 241 g/mol. The first-order valence-corrected chi connectivity index (χ1v) is 5.57. The van der Waals surface area contributed by atoms with Gasteiger partial charge in [-0.15, -0.1) is 0 Å². The molecule has 0 aliphatic carbocycles. The van der Waals surface area contributed by atoms with Crippen molar-refractivity contribution >= 4 is 0 Å². The summed E-state index contributed by atoms with van der Waals surface area (Å²) < 4.78 is 18.4. The summed E-state index contributed by atoms with van der Waals surface area (Å²) in [6.45, 7) is 2.27. The first-order valence-electron chi connectivity index (χ1n) is 5.57. The van der Waals surface area contributed by atoms with E-state index in [1.807, 2.05) is 6.92 Å². The van der Waals surface area contributed by atoms with Crippen molar-refractivity contribution in [2.24, 2.45) is 0 Å². The second kappa shape index (κ2) is 5.33. The Hall–Kier alpha value is -2.34. The lowest BCUT2D eigenvalue weighted by atomic mass is 10.1. The predicted octanol–water partition coefficient (Wildman–Crippen LogP) is 3.58. The van der Waals surface area contributed by atoms with Gasteiger partial charge in [0.2, 0.25) is 0 Å². The molecular weight excluding hydrogens is 229 g/mol. The van der Waals surface area contributed by atoms with E-state index < -0.39 is 0 Å². The lowest BCUT2D eigenvalue weighted by Crippen LogP contribution is -1.97. The second-order valence-electron chi connectivity index (χ2n) is 4.01. The minimum absolute atomic E-state index is 0.256. The maximum Gasteiger partial charge on any atom is 0.123 e. The third-order valence-corrected chi connectivity index (χ3v) is 2.61. The van der Waals surface area contributed by atoms with Crippen molar-refractivity contribution in [1.82, 2.24) is 0 Å². The van der Waals surface area contributed by atoms with Crippen molar-refractivity contribution in [3.05, 3.63) is 65.0 Å². The summed E-state index contributed by atoms with van der Waals surface area (Å²) in [5.74, 6) is 0.478. The summed E-state index contributed by atoms with van der Waals surface area (Å²) in [5.41, 5.74) is 2.43. The minimum Gasteiger partial charge on any atom is -0.489 e. The number of aryl methyl sites for hydroxylation is 1. The first kappa shape index (κ1) is 12.1. The highest BCUT2D eigenvalue weighted by atomic mass is 19.1. The van der Waals surface area contributed by atoms with E-state index >= 15 is 0 Å². The SMILES string of the molecule is Cc1cc(C#N)ccc1OCc1ccc(F)cc1. The Labute approximate surface area is 105 Å². The molecule has 2 rings (SSSR count). The van der Waals surface area contributed by atoms with Crippen LogP contribution in [0.1, 0.15) is 16.7 Å². The molecule has 3 heteroatoms. The van der Waals surface area contributed by atoms with Crippen LogP contribution in [0.3, 0.4) is 0 Å². The number of hydrogen-bond donors (Lipinski definition) is 0. The Balaban J connectivity index is 2.06. The van der Waals surface area contributed by atoms with E-state index in [1.165, 1.54) is 12.1 Å². The fourth-order valence-corrected chi connectivity index (χ4v) is 1.62. The monoisotopic (exact) mass is 241 g/mol. The summed E-state index contributed by atoms with van der Waals surface area (Å²) in [7, 11) is 0. The Morgan fingerprint density at radius 3 is 2.50 bits per heavy atom. The summed E-state index contributed by atoms with van der Waals surface area (Å²) >= 11 is 0. The van der Waals surface area contributed by atoms with Crippen LogP contribution in [0.4, 0.5) is 4.39 Å². The van der Waals surface area contributed by atoms with Gasteiger partial charge in [0.25, 0.3) is 0 Å². The van der Waals surface area contributed by atoms with Crippen molar-refractivity contribution < 1.29 is 9.13 Å². The molecule has 0 spiro atoms. The summed E-state index contributed by atoms with van der Waals surface area (Å²) in [6.07, 6.45) is 0. The van der Waals surface area contributed by atoms with Gasteiger partial charge in [-0.1, -0.05) is 12.1 Å². The van der Waals surface area contributed by atoms with Gasteiger partial charge in [-0.05, 0) is 48.4 Å². The third kappa shape index (κ3) is 2.86. The number of nitrogens with zero attached hydrogens (tertiary/aromatic N) is 1. The topological polar surface area (TPSA) is 33.0 Å². The number of rotatable bonds is 3. The molecule has 0 aromatic heterocycles. The Kier molecular flexibility index (Phi) is 3.59. The highest BCUT2D eigenvalue weighted by molar-refractivity contribution is 5.41. The predicted molar refractivity (Wildman–Crippen MR) is 66.6 cm³/mol. The van der Waals surface area contributed by atoms with Gasteiger partial charge >= 0.3 is 0 Å². The van der Waals surface area contributed by atoms with Crippen LogP contribution in [0.5, 0.6) is 5.75 Å². The van der Waals surface area contributed by atoms with Crippen LogP contribution < -0.4 is 4.74 Å². The molecule has 0 saturated heterocycles. The fraction of sp³-hybridized carbons (Fsp3) is 0.133. The smallest absolute Gasteiger partial charge is 0.123 e. The number of benzene rings is 2. The van der Waals surface area contributed by atoms with Gasteiger partial charge in [0.05, 0.1) is 11.6 Å². The van der Waals surface area contributed by atoms with Crippen molar-refractivity contribution in [2.45, 2.75) is 13.5 Å². The molecule has 18 heavy (non-hydrogen) atoms. The molecule has 0 N–H and O–H groups in total. The molecule has 2 nitrogen and oxygen atoms in total. The summed E-state index contributed by atoms with van der Waals surface area (Å²) in [4.78, 5) is 0. The van der Waals surface area contributed by atoms with E-state index in [0.717, 1.165) is 16.9 Å². The summed E-state index contributed by atoms with van der Waals surface area (Å²) in [5, 5.41) is 8.76. The van der Waals surface area contributed by atoms with Crippen LogP contribution in [0.15, 0.2) is 42.5 Å². The first-order chi connectivity index (χ1) is 8.69. The van der Waals surface area contributed by atoms with Gasteiger partial charge in [0, 0.05) is 0 Å². The quantitative estimate of drug-likeness (QED) is 0.822. The zero-order valence-corrected chi connectivity index (χ0v) is 9.98. The lowest BCUT2D eigenvalue weighted by molar-refractivity contribution is 0.304. The largest absolute Gasteiger partial charge is 0.489 e. The Morgan fingerprint density at radius 2 is 1.89 bits per heavy atom. The number of hydrogen-bond acceptors (Lipinski definition) is 2. The average Bonchev–Trinajstić information content (AvgIpc) is 2.39. The number of nitriles is 1. The molecule has 0 amide bonds. The van der Waals surface area contributed by atoms with Gasteiger partial charge in [0.15, 0.2) is 0 Å². The van der Waals surface area contributed by atoms with Crippen LogP contribution in [0, 0.1) is 24.1 Å². The molecule has 0 unspecified atom stereocenters. The van der Waals surface area contributed by atoms with E-state index in [9.17, 15) is 4.39 Å². The fourth-order valence-electron chi connectivity index (χ4n) is 1.62. The van der Waals surface area contributed by atoms with Crippen LogP contribution in [0.25, 0.3) is 0 Å². The van der Waals surface area contributed by atoms with E-state index in [-0.39, 0.29) is 5.82 Å². The van der Waals surface area contributed by atoms with Gasteiger partial charge in [-0.3, -0.25) is 0 Å². The molecule has 0 bridgehead atoms. The molecule has 90 valence electrons. The zero-order valence-electron chi connectivity index (χ0n) is 9.98. The Bertz CT molecular complexity index is 584. The third-order valence-electron chi connectivity index (χ3n) is 2.61. The van der Waals surface area contributed by atoms with Gasteiger partial charge in [-0.25, -0.2) is 4.39 Å². The number of ether oxygens (including phenoxy) is 1. The van der Waals surface area contributed by atoms with E-state index in [4.69, 9.17) is 10.00 Å². The van der Waals surface area contributed by atoms with Crippen molar-refractivity contribution in [2.75, 3.05) is 0 Å². The van der Waals surface area contributed by atoms with Gasteiger partial charge in [0.1, 0.15) is 18.2 Å². The highest BCUT2D eigenvalue weighted by Gasteiger charge is 2.02. The molecule has 0 aliphatic rings. The number of halogens is 1. The minimum atomic E-state index is -0.256. The molecule has 0 saturated carbocycles. The molecule has 2 aromatic rings. The van der Waals surface area contributed by atoms with Crippen molar-refractivity contribution in [1.29, 1.82) is 5.26 Å². The van der Waals surface area contributed by atoms with Crippen LogP contribution in [-0.2, 0) is 6.61 Å². The molecule has 0 atom stereocenters. The zero-order chi connectivity index (χ0) is 13.0. The van der Waals surface area contributed by atoms with E-state index in [2.05, 4.69) is 6.07 Å². The standard InChI is InChI=1S/C15H12FNO/c1-11-8-13(9-17)4-7-15(11)18-10-12-2-5-14(16)6-3-12/h2-8H,10H2,1H3. The second-order valence-corrected chi connectivity index (χ2v) is 4.01. The van der Waals surface area contributed by atoms with Gasteiger partial charge in [-0.2, -0.15) is 5.26 Å². The normalized spacial score (nSPS) is 9.83. The van der Waals surface area contributed by atoms with E-state index in [0.29, 0.717) is 12.2 Å². The highest BCUT2D eigenvalue weighted by Crippen LogP contribution is 2.20. The summed E-state index contributed by atoms with van der Waals surface area (Å²) in [6, 6.07) is 13.5. The van der Waals surface area contributed by atoms with E-state index in [1.54, 1.807) is 30.3 Å². The van der Waals surface area contributed by atoms with Crippen molar-refractivity contribution in [3.63, 3.8) is 0 Å². The maximum absolute atomic E-state index is 12.7. The van der Waals surface area contributed by atoms with Crippen LogP contribution in [-0.4, -0.2) is 0 Å². The van der Waals surface area contributed by atoms with Crippen LogP contribution >= 0.6 is 0 Å². The molecular formula is C15H12FNO. The van der Waals surface area contributed by atoms with Crippen molar-refractivity contribution in [3.8, 4) is 11.8 Å². The molecule has 0 fully saturated rings. The molecule has 0 heterocycles.